The highest BCUT2D eigenvalue weighted by atomic mass is 16.1. The molecule has 1 aromatic heterocycles. The molecule has 0 saturated heterocycles. The Hall–Kier alpha value is -2.10. The third-order valence-corrected chi connectivity index (χ3v) is 2.24. The Kier molecular flexibility index (Phi) is 8.75. The molecule has 0 saturated carbocycles. The first-order valence-electron chi connectivity index (χ1n) is 7.02. The van der Waals surface area contributed by atoms with E-state index in [0.29, 0.717) is 11.3 Å². The number of nitrogens with zero attached hydrogens (tertiary/aromatic N) is 2. The van der Waals surface area contributed by atoms with E-state index in [9.17, 15) is 4.79 Å². The van der Waals surface area contributed by atoms with Crippen LogP contribution in [-0.4, -0.2) is 15.7 Å². The summed E-state index contributed by atoms with van der Waals surface area (Å²) in [5.41, 5.74) is 2.43. The van der Waals surface area contributed by atoms with Crippen molar-refractivity contribution < 1.29 is 4.79 Å². The van der Waals surface area contributed by atoms with Crippen molar-refractivity contribution in [2.24, 2.45) is 7.05 Å². The fourth-order valence-electron chi connectivity index (χ4n) is 1.48. The molecule has 0 fully saturated rings. The van der Waals surface area contributed by atoms with Gasteiger partial charge in [0.25, 0.3) is 5.91 Å². The summed E-state index contributed by atoms with van der Waals surface area (Å²) in [6.07, 6.45) is 3.38. The average Bonchev–Trinajstić information content (AvgIpc) is 2.88. The smallest absolute Gasteiger partial charge is 0.255 e. The van der Waals surface area contributed by atoms with Gasteiger partial charge in [0.05, 0.1) is 11.9 Å². The molecule has 0 aliphatic heterocycles. The number of hydrogen-bond donors (Lipinski definition) is 1. The summed E-state index contributed by atoms with van der Waals surface area (Å²) in [7, 11) is 1.81. The van der Waals surface area contributed by atoms with Gasteiger partial charge in [-0.1, -0.05) is 45.4 Å². The zero-order valence-corrected chi connectivity index (χ0v) is 13.3. The van der Waals surface area contributed by atoms with E-state index < -0.39 is 0 Å². The summed E-state index contributed by atoms with van der Waals surface area (Å²) in [4.78, 5) is 11.8. The predicted molar refractivity (Wildman–Crippen MR) is 85.0 cm³/mol. The highest BCUT2D eigenvalue weighted by Crippen LogP contribution is 2.09. The number of aryl methyl sites for hydroxylation is 2. The zero-order chi connectivity index (χ0) is 15.5. The van der Waals surface area contributed by atoms with Gasteiger partial charge < -0.3 is 5.32 Å². The molecule has 0 aliphatic rings. The van der Waals surface area contributed by atoms with Crippen molar-refractivity contribution in [3.63, 3.8) is 0 Å². The molecule has 1 amide bonds. The Balaban J connectivity index is 0.000000829. The number of anilines is 1. The molecule has 0 bridgehead atoms. The van der Waals surface area contributed by atoms with Gasteiger partial charge in [-0.2, -0.15) is 5.10 Å². The van der Waals surface area contributed by atoms with Crippen LogP contribution in [0.25, 0.3) is 0 Å². The average molecular weight is 275 g/mol. The number of aromatic nitrogens is 2. The first-order valence-corrected chi connectivity index (χ1v) is 7.02. The number of rotatable bonds is 2. The van der Waals surface area contributed by atoms with Gasteiger partial charge >= 0.3 is 0 Å². The lowest BCUT2D eigenvalue weighted by Crippen LogP contribution is -2.11. The lowest BCUT2D eigenvalue weighted by molar-refractivity contribution is 0.102. The van der Waals surface area contributed by atoms with Crippen molar-refractivity contribution in [2.75, 3.05) is 5.32 Å². The topological polar surface area (TPSA) is 46.9 Å². The SMILES string of the molecule is CC.CC.Cc1cccc(C(=O)Nc2cnn(C)c2)c1. The first-order chi connectivity index (χ1) is 9.65. The number of carbonyl (C=O) groups is 1. The Labute approximate surface area is 121 Å². The van der Waals surface area contributed by atoms with E-state index >= 15 is 0 Å². The molecular formula is C16H25N3O. The normalized spacial score (nSPS) is 8.70. The minimum Gasteiger partial charge on any atom is -0.319 e. The molecule has 2 rings (SSSR count). The summed E-state index contributed by atoms with van der Waals surface area (Å²) >= 11 is 0. The summed E-state index contributed by atoms with van der Waals surface area (Å²) < 4.78 is 1.64. The van der Waals surface area contributed by atoms with Gasteiger partial charge in [0.2, 0.25) is 0 Å². The second-order valence-corrected chi connectivity index (χ2v) is 3.73. The second-order valence-electron chi connectivity index (χ2n) is 3.73. The monoisotopic (exact) mass is 275 g/mol. The van der Waals surface area contributed by atoms with Crippen LogP contribution in [0.5, 0.6) is 0 Å². The highest BCUT2D eigenvalue weighted by molar-refractivity contribution is 6.04. The number of carbonyl (C=O) groups excluding carboxylic acids is 1. The van der Waals surface area contributed by atoms with Crippen LogP contribution in [0.15, 0.2) is 36.7 Å². The molecule has 110 valence electrons. The first kappa shape index (κ1) is 17.9. The van der Waals surface area contributed by atoms with Gasteiger partial charge in [-0.05, 0) is 19.1 Å². The highest BCUT2D eigenvalue weighted by Gasteiger charge is 2.06. The fourth-order valence-corrected chi connectivity index (χ4v) is 1.48. The Morgan fingerprint density at radius 3 is 2.35 bits per heavy atom. The van der Waals surface area contributed by atoms with E-state index in [1.165, 1.54) is 0 Å². The van der Waals surface area contributed by atoms with Gasteiger partial charge in [-0.15, -0.1) is 0 Å². The molecule has 0 aliphatic carbocycles. The van der Waals surface area contributed by atoms with Gasteiger partial charge in [0.1, 0.15) is 0 Å². The molecule has 0 spiro atoms. The quantitative estimate of drug-likeness (QED) is 0.899. The Morgan fingerprint density at radius 1 is 1.20 bits per heavy atom. The van der Waals surface area contributed by atoms with E-state index in [1.54, 1.807) is 23.1 Å². The van der Waals surface area contributed by atoms with Crippen LogP contribution in [0, 0.1) is 6.92 Å². The van der Waals surface area contributed by atoms with Gasteiger partial charge in [-0.25, -0.2) is 0 Å². The lowest BCUT2D eigenvalue weighted by Gasteiger charge is -2.02. The molecule has 0 unspecified atom stereocenters. The zero-order valence-electron chi connectivity index (χ0n) is 13.3. The second kappa shape index (κ2) is 9.78. The third kappa shape index (κ3) is 5.69. The summed E-state index contributed by atoms with van der Waals surface area (Å²) in [6, 6.07) is 7.47. The molecule has 4 nitrogen and oxygen atoms in total. The van der Waals surface area contributed by atoms with Crippen LogP contribution in [0.2, 0.25) is 0 Å². The largest absolute Gasteiger partial charge is 0.319 e. The number of amides is 1. The molecule has 1 N–H and O–H groups in total. The standard InChI is InChI=1S/C12H13N3O.2C2H6/c1-9-4-3-5-10(6-9)12(16)14-11-7-13-15(2)8-11;2*1-2/h3-8H,1-2H3,(H,14,16);2*1-2H3. The van der Waals surface area contributed by atoms with Crippen LogP contribution >= 0.6 is 0 Å². The van der Waals surface area contributed by atoms with Crippen molar-refractivity contribution >= 4 is 11.6 Å². The third-order valence-electron chi connectivity index (χ3n) is 2.24. The van der Waals surface area contributed by atoms with Crippen LogP contribution in [0.4, 0.5) is 5.69 Å². The van der Waals surface area contributed by atoms with Crippen LogP contribution in [0.1, 0.15) is 43.6 Å². The molecule has 1 heterocycles. The van der Waals surface area contributed by atoms with Crippen LogP contribution < -0.4 is 5.32 Å². The number of hydrogen-bond acceptors (Lipinski definition) is 2. The Bertz CT molecular complexity index is 518. The molecule has 20 heavy (non-hydrogen) atoms. The van der Waals surface area contributed by atoms with Crippen molar-refractivity contribution in [3.8, 4) is 0 Å². The van der Waals surface area contributed by atoms with E-state index in [0.717, 1.165) is 5.56 Å². The number of nitrogens with one attached hydrogen (secondary N) is 1. The van der Waals surface area contributed by atoms with E-state index in [1.807, 2.05) is 59.9 Å². The predicted octanol–water partition coefficient (Wildman–Crippen LogP) is 4.03. The molecule has 1 aromatic carbocycles. The summed E-state index contributed by atoms with van der Waals surface area (Å²) in [6.45, 7) is 9.96. The van der Waals surface area contributed by atoms with Gasteiger partial charge in [-0.3, -0.25) is 9.48 Å². The molecule has 2 aromatic rings. The van der Waals surface area contributed by atoms with Crippen molar-refractivity contribution in [2.45, 2.75) is 34.6 Å². The summed E-state index contributed by atoms with van der Waals surface area (Å²) in [5, 5.41) is 6.77. The maximum absolute atomic E-state index is 11.8. The van der Waals surface area contributed by atoms with Crippen molar-refractivity contribution in [3.05, 3.63) is 47.8 Å². The molecule has 0 radical (unpaired) electrons. The minimum absolute atomic E-state index is 0.114. The van der Waals surface area contributed by atoms with Crippen LogP contribution in [-0.2, 0) is 7.05 Å². The Morgan fingerprint density at radius 2 is 1.85 bits per heavy atom. The van der Waals surface area contributed by atoms with Gasteiger partial charge in [0.15, 0.2) is 0 Å². The van der Waals surface area contributed by atoms with Crippen LogP contribution in [0.3, 0.4) is 0 Å². The molecule has 0 atom stereocenters. The minimum atomic E-state index is -0.114. The van der Waals surface area contributed by atoms with E-state index in [2.05, 4.69) is 10.4 Å². The van der Waals surface area contributed by atoms with E-state index in [4.69, 9.17) is 0 Å². The number of benzene rings is 1. The molecular weight excluding hydrogens is 250 g/mol. The lowest BCUT2D eigenvalue weighted by atomic mass is 10.1. The van der Waals surface area contributed by atoms with Crippen molar-refractivity contribution in [1.82, 2.24) is 9.78 Å². The maximum Gasteiger partial charge on any atom is 0.255 e. The maximum atomic E-state index is 11.8. The van der Waals surface area contributed by atoms with Crippen molar-refractivity contribution in [1.29, 1.82) is 0 Å². The molecule has 4 heteroatoms. The van der Waals surface area contributed by atoms with E-state index in [-0.39, 0.29) is 5.91 Å². The summed E-state index contributed by atoms with van der Waals surface area (Å²) in [5.74, 6) is -0.114. The van der Waals surface area contributed by atoms with Gasteiger partial charge in [0, 0.05) is 18.8 Å². The fraction of sp³-hybridized carbons (Fsp3) is 0.375.